The number of methoxy groups -OCH3 is 1. The van der Waals surface area contributed by atoms with Gasteiger partial charge in [-0.1, -0.05) is 22.9 Å². The smallest absolute Gasteiger partial charge is 0.188 e. The summed E-state index contributed by atoms with van der Waals surface area (Å²) in [5.41, 5.74) is 1.89. The first-order chi connectivity index (χ1) is 9.65. The maximum atomic E-state index is 5.98. The summed E-state index contributed by atoms with van der Waals surface area (Å²) in [6, 6.07) is 11.5. The lowest BCUT2D eigenvalue weighted by Crippen LogP contribution is -1.88. The number of hydrogen-bond donors (Lipinski definition) is 1. The van der Waals surface area contributed by atoms with Gasteiger partial charge in [0.2, 0.25) is 0 Å². The van der Waals surface area contributed by atoms with Gasteiger partial charge in [0, 0.05) is 10.2 Å². The maximum Gasteiger partial charge on any atom is 0.188 e. The Morgan fingerprint density at radius 1 is 1.25 bits per heavy atom. The van der Waals surface area contributed by atoms with Gasteiger partial charge in [-0.2, -0.15) is 0 Å². The lowest BCUT2D eigenvalue weighted by atomic mass is 10.3. The highest BCUT2D eigenvalue weighted by atomic mass is 79.9. The van der Waals surface area contributed by atoms with Crippen LogP contribution in [0.3, 0.4) is 0 Å². The van der Waals surface area contributed by atoms with Crippen molar-refractivity contribution in [3.8, 4) is 5.75 Å². The Balaban J connectivity index is 1.92. The standard InChI is InChI=1S/C14H10BrClN2OS/c1-19-9-3-5-12-13(7-9)20-14(18-12)17-8-2-4-11(16)10(15)6-8/h2-7H,1H3,(H,17,18). The first-order valence-corrected chi connectivity index (χ1v) is 7.81. The number of anilines is 2. The van der Waals surface area contributed by atoms with Gasteiger partial charge < -0.3 is 10.1 Å². The summed E-state index contributed by atoms with van der Waals surface area (Å²) in [5, 5.41) is 4.80. The SMILES string of the molecule is COc1ccc2nc(Nc3ccc(Cl)c(Br)c3)sc2c1. The van der Waals surface area contributed by atoms with Crippen molar-refractivity contribution < 1.29 is 4.74 Å². The zero-order chi connectivity index (χ0) is 14.1. The Morgan fingerprint density at radius 2 is 2.10 bits per heavy atom. The number of thiazole rings is 1. The van der Waals surface area contributed by atoms with Crippen molar-refractivity contribution in [3.05, 3.63) is 45.9 Å². The molecule has 6 heteroatoms. The summed E-state index contributed by atoms with van der Waals surface area (Å²) >= 11 is 11.0. The average Bonchev–Trinajstić information content (AvgIpc) is 2.84. The van der Waals surface area contributed by atoms with Gasteiger partial charge in [0.05, 0.1) is 22.3 Å². The fourth-order valence-corrected chi connectivity index (χ4v) is 3.19. The van der Waals surface area contributed by atoms with E-state index in [-0.39, 0.29) is 0 Å². The van der Waals surface area contributed by atoms with Crippen LogP contribution in [0.4, 0.5) is 10.8 Å². The molecule has 2 aromatic carbocycles. The predicted molar refractivity (Wildman–Crippen MR) is 88.6 cm³/mol. The van der Waals surface area contributed by atoms with Gasteiger partial charge in [0.25, 0.3) is 0 Å². The second kappa shape index (κ2) is 5.60. The van der Waals surface area contributed by atoms with Gasteiger partial charge in [-0.05, 0) is 52.3 Å². The largest absolute Gasteiger partial charge is 0.497 e. The Bertz CT molecular complexity index is 775. The van der Waals surface area contributed by atoms with Crippen LogP contribution in [0.25, 0.3) is 10.2 Å². The van der Waals surface area contributed by atoms with Crippen molar-refractivity contribution in [1.29, 1.82) is 0 Å². The van der Waals surface area contributed by atoms with Crippen LogP contribution in [0, 0.1) is 0 Å². The number of halogens is 2. The third-order valence-electron chi connectivity index (χ3n) is 2.77. The molecular formula is C14H10BrClN2OS. The van der Waals surface area contributed by atoms with E-state index in [1.165, 1.54) is 0 Å². The summed E-state index contributed by atoms with van der Waals surface area (Å²) < 4.78 is 7.15. The monoisotopic (exact) mass is 368 g/mol. The number of ether oxygens (including phenoxy) is 1. The number of nitrogens with zero attached hydrogens (tertiary/aromatic N) is 1. The summed E-state index contributed by atoms with van der Waals surface area (Å²) in [6.45, 7) is 0. The van der Waals surface area contributed by atoms with Crippen LogP contribution in [-0.4, -0.2) is 12.1 Å². The molecule has 3 aromatic rings. The highest BCUT2D eigenvalue weighted by Crippen LogP contribution is 2.32. The lowest BCUT2D eigenvalue weighted by molar-refractivity contribution is 0.415. The number of aromatic nitrogens is 1. The minimum Gasteiger partial charge on any atom is -0.497 e. The van der Waals surface area contributed by atoms with Crippen molar-refractivity contribution in [2.24, 2.45) is 0 Å². The topological polar surface area (TPSA) is 34.1 Å². The molecular weight excluding hydrogens is 360 g/mol. The van der Waals surface area contributed by atoms with Crippen LogP contribution >= 0.6 is 38.9 Å². The molecule has 3 rings (SSSR count). The lowest BCUT2D eigenvalue weighted by Gasteiger charge is -2.03. The highest BCUT2D eigenvalue weighted by Gasteiger charge is 2.06. The molecule has 1 N–H and O–H groups in total. The van der Waals surface area contributed by atoms with Gasteiger partial charge in [0.15, 0.2) is 5.13 Å². The quantitative estimate of drug-likeness (QED) is 0.665. The minimum atomic E-state index is 0.685. The van der Waals surface area contributed by atoms with E-state index < -0.39 is 0 Å². The van der Waals surface area contributed by atoms with Crippen LogP contribution in [0.15, 0.2) is 40.9 Å². The number of benzene rings is 2. The fraction of sp³-hybridized carbons (Fsp3) is 0.0714. The minimum absolute atomic E-state index is 0.685. The molecule has 1 heterocycles. The van der Waals surface area contributed by atoms with E-state index in [9.17, 15) is 0 Å². The molecule has 3 nitrogen and oxygen atoms in total. The van der Waals surface area contributed by atoms with Crippen LogP contribution in [0.1, 0.15) is 0 Å². The number of hydrogen-bond acceptors (Lipinski definition) is 4. The Morgan fingerprint density at radius 3 is 2.85 bits per heavy atom. The van der Waals surface area contributed by atoms with Crippen molar-refractivity contribution in [1.82, 2.24) is 4.98 Å². The summed E-state index contributed by atoms with van der Waals surface area (Å²) in [7, 11) is 1.66. The first kappa shape index (κ1) is 13.7. The summed E-state index contributed by atoms with van der Waals surface area (Å²) in [5.74, 6) is 0.835. The van der Waals surface area contributed by atoms with Crippen LogP contribution < -0.4 is 10.1 Å². The molecule has 0 amide bonds. The van der Waals surface area contributed by atoms with E-state index in [2.05, 4.69) is 26.2 Å². The molecule has 102 valence electrons. The van der Waals surface area contributed by atoms with E-state index in [1.807, 2.05) is 36.4 Å². The molecule has 0 bridgehead atoms. The van der Waals surface area contributed by atoms with E-state index in [1.54, 1.807) is 18.4 Å². The van der Waals surface area contributed by atoms with Crippen molar-refractivity contribution >= 4 is 59.9 Å². The van der Waals surface area contributed by atoms with Crippen molar-refractivity contribution in [2.75, 3.05) is 12.4 Å². The zero-order valence-electron chi connectivity index (χ0n) is 10.5. The van der Waals surface area contributed by atoms with E-state index in [0.717, 1.165) is 31.3 Å². The number of nitrogens with one attached hydrogen (secondary N) is 1. The third-order valence-corrected chi connectivity index (χ3v) is 4.91. The molecule has 0 aliphatic heterocycles. The molecule has 0 radical (unpaired) electrons. The van der Waals surface area contributed by atoms with Crippen LogP contribution in [-0.2, 0) is 0 Å². The molecule has 0 fully saturated rings. The summed E-state index contributed by atoms with van der Waals surface area (Å²) in [4.78, 5) is 4.54. The Hall–Kier alpha value is -1.30. The molecule has 1 aromatic heterocycles. The fourth-order valence-electron chi connectivity index (χ4n) is 1.78. The van der Waals surface area contributed by atoms with E-state index >= 15 is 0 Å². The molecule has 20 heavy (non-hydrogen) atoms. The highest BCUT2D eigenvalue weighted by molar-refractivity contribution is 9.10. The number of rotatable bonds is 3. The maximum absolute atomic E-state index is 5.98. The van der Waals surface area contributed by atoms with Gasteiger partial charge in [-0.15, -0.1) is 0 Å². The molecule has 0 saturated carbocycles. The van der Waals surface area contributed by atoms with E-state index in [0.29, 0.717) is 5.02 Å². The predicted octanol–water partition coefficient (Wildman–Crippen LogP) is 5.46. The number of fused-ring (bicyclic) bond motifs is 1. The molecule has 0 aliphatic carbocycles. The normalized spacial score (nSPS) is 10.8. The van der Waals surface area contributed by atoms with Crippen molar-refractivity contribution in [3.63, 3.8) is 0 Å². The third kappa shape index (κ3) is 2.75. The van der Waals surface area contributed by atoms with Crippen LogP contribution in [0.5, 0.6) is 5.75 Å². The van der Waals surface area contributed by atoms with Crippen molar-refractivity contribution in [2.45, 2.75) is 0 Å². The summed E-state index contributed by atoms with van der Waals surface area (Å²) in [6.07, 6.45) is 0. The molecule has 0 atom stereocenters. The van der Waals surface area contributed by atoms with Gasteiger partial charge in [-0.25, -0.2) is 4.98 Å². The van der Waals surface area contributed by atoms with Gasteiger partial charge in [-0.3, -0.25) is 0 Å². The van der Waals surface area contributed by atoms with E-state index in [4.69, 9.17) is 16.3 Å². The Labute approximate surface area is 133 Å². The molecule has 0 spiro atoms. The second-order valence-electron chi connectivity index (χ2n) is 4.11. The zero-order valence-corrected chi connectivity index (χ0v) is 13.6. The van der Waals surface area contributed by atoms with Gasteiger partial charge >= 0.3 is 0 Å². The molecule has 0 unspecified atom stereocenters. The van der Waals surface area contributed by atoms with Gasteiger partial charge in [0.1, 0.15) is 5.75 Å². The average molecular weight is 370 g/mol. The first-order valence-electron chi connectivity index (χ1n) is 5.82. The Kier molecular flexibility index (Phi) is 3.83. The molecule has 0 saturated heterocycles. The second-order valence-corrected chi connectivity index (χ2v) is 6.40. The molecule has 0 aliphatic rings. The van der Waals surface area contributed by atoms with Crippen LogP contribution in [0.2, 0.25) is 5.02 Å².